The number of aromatic nitrogens is 4. The lowest BCUT2D eigenvalue weighted by atomic mass is 10.1. The topological polar surface area (TPSA) is 112 Å². The standard InChI is InChI=1S/C21H15BrN6O2/c22-14-9-10-15(13-6-2-1-5-12(13)14)24-18(29)11-28-17-8-4-3-7-16(17)25-21(28)19-20(23)27-30-26-19/h1-10H,11H2,(H2,23,27)(H,24,29). The van der Waals surface area contributed by atoms with E-state index in [4.69, 9.17) is 10.4 Å². The lowest BCUT2D eigenvalue weighted by Gasteiger charge is -2.12. The van der Waals surface area contributed by atoms with Crippen molar-refractivity contribution >= 4 is 55.1 Å². The van der Waals surface area contributed by atoms with Gasteiger partial charge in [-0.05, 0) is 40.0 Å². The average Bonchev–Trinajstić information content (AvgIpc) is 3.34. The Balaban J connectivity index is 1.53. The summed E-state index contributed by atoms with van der Waals surface area (Å²) in [5, 5.41) is 12.4. The number of carbonyl (C=O) groups is 1. The molecule has 0 aliphatic rings. The van der Waals surface area contributed by atoms with E-state index in [2.05, 4.69) is 36.5 Å². The van der Waals surface area contributed by atoms with E-state index >= 15 is 0 Å². The fraction of sp³-hybridized carbons (Fsp3) is 0.0476. The lowest BCUT2D eigenvalue weighted by molar-refractivity contribution is -0.116. The Labute approximate surface area is 178 Å². The average molecular weight is 463 g/mol. The van der Waals surface area contributed by atoms with E-state index in [0.717, 1.165) is 32.0 Å². The maximum atomic E-state index is 13.0. The number of imidazole rings is 1. The first-order chi connectivity index (χ1) is 14.6. The SMILES string of the molecule is Nc1nonc1-c1nc2ccccc2n1CC(=O)Nc1ccc(Br)c2ccccc12. The highest BCUT2D eigenvalue weighted by Crippen LogP contribution is 2.30. The van der Waals surface area contributed by atoms with E-state index in [-0.39, 0.29) is 18.3 Å². The third-order valence-corrected chi connectivity index (χ3v) is 5.52. The fourth-order valence-corrected chi connectivity index (χ4v) is 3.95. The number of nitrogens with one attached hydrogen (secondary N) is 1. The van der Waals surface area contributed by atoms with Gasteiger partial charge < -0.3 is 15.6 Å². The minimum atomic E-state index is -0.207. The number of amides is 1. The smallest absolute Gasteiger partial charge is 0.244 e. The highest BCUT2D eigenvalue weighted by atomic mass is 79.9. The Morgan fingerprint density at radius 2 is 1.80 bits per heavy atom. The maximum absolute atomic E-state index is 13.0. The molecule has 0 saturated heterocycles. The van der Waals surface area contributed by atoms with Crippen molar-refractivity contribution in [3.05, 3.63) is 65.1 Å². The summed E-state index contributed by atoms with van der Waals surface area (Å²) in [7, 11) is 0. The van der Waals surface area contributed by atoms with E-state index in [9.17, 15) is 4.79 Å². The number of hydrogen-bond donors (Lipinski definition) is 2. The van der Waals surface area contributed by atoms with E-state index in [0.29, 0.717) is 11.5 Å². The largest absolute Gasteiger partial charge is 0.379 e. The van der Waals surface area contributed by atoms with Gasteiger partial charge in [0.25, 0.3) is 0 Å². The quantitative estimate of drug-likeness (QED) is 0.413. The normalized spacial score (nSPS) is 11.2. The molecule has 0 bridgehead atoms. The molecule has 148 valence electrons. The van der Waals surface area contributed by atoms with Gasteiger partial charge in [0.2, 0.25) is 5.91 Å². The Bertz CT molecular complexity index is 1410. The summed E-state index contributed by atoms with van der Waals surface area (Å²) < 4.78 is 7.44. The van der Waals surface area contributed by atoms with Crippen LogP contribution in [0.4, 0.5) is 11.5 Å². The van der Waals surface area contributed by atoms with Gasteiger partial charge in [0.05, 0.1) is 11.0 Å². The molecule has 0 radical (unpaired) electrons. The van der Waals surface area contributed by atoms with Gasteiger partial charge in [0, 0.05) is 15.5 Å². The van der Waals surface area contributed by atoms with Crippen molar-refractivity contribution in [2.75, 3.05) is 11.1 Å². The molecular weight excluding hydrogens is 448 g/mol. The number of rotatable bonds is 4. The van der Waals surface area contributed by atoms with Crippen LogP contribution in [0.3, 0.4) is 0 Å². The summed E-state index contributed by atoms with van der Waals surface area (Å²) in [5.74, 6) is 0.332. The van der Waals surface area contributed by atoms with Crippen molar-refractivity contribution in [1.82, 2.24) is 19.9 Å². The molecule has 5 rings (SSSR count). The van der Waals surface area contributed by atoms with Crippen LogP contribution in [-0.2, 0) is 11.3 Å². The molecule has 0 aliphatic carbocycles. The number of nitrogens with two attached hydrogens (primary N) is 1. The van der Waals surface area contributed by atoms with E-state index in [1.807, 2.05) is 60.7 Å². The molecule has 0 atom stereocenters. The van der Waals surface area contributed by atoms with Gasteiger partial charge in [-0.15, -0.1) is 0 Å². The molecule has 1 amide bonds. The van der Waals surface area contributed by atoms with Crippen LogP contribution in [0.25, 0.3) is 33.3 Å². The lowest BCUT2D eigenvalue weighted by Crippen LogP contribution is -2.19. The van der Waals surface area contributed by atoms with Crippen LogP contribution in [-0.4, -0.2) is 25.8 Å². The monoisotopic (exact) mass is 462 g/mol. The number of nitrogens with zero attached hydrogens (tertiary/aromatic N) is 4. The van der Waals surface area contributed by atoms with Crippen molar-refractivity contribution in [2.45, 2.75) is 6.54 Å². The number of halogens is 1. The van der Waals surface area contributed by atoms with Crippen molar-refractivity contribution in [1.29, 1.82) is 0 Å². The zero-order valence-corrected chi connectivity index (χ0v) is 17.1. The molecule has 5 aromatic rings. The van der Waals surface area contributed by atoms with Gasteiger partial charge in [-0.1, -0.05) is 52.3 Å². The van der Waals surface area contributed by atoms with Crippen LogP contribution < -0.4 is 11.1 Å². The third kappa shape index (κ3) is 3.09. The summed E-state index contributed by atoms with van der Waals surface area (Å²) in [6.45, 7) is 0.0204. The van der Waals surface area contributed by atoms with Crippen LogP contribution in [0, 0.1) is 0 Å². The summed E-state index contributed by atoms with van der Waals surface area (Å²) in [6, 6.07) is 19.2. The molecule has 3 N–H and O–H groups in total. The molecule has 0 unspecified atom stereocenters. The van der Waals surface area contributed by atoms with E-state index in [1.165, 1.54) is 0 Å². The molecule has 9 heteroatoms. The second-order valence-corrected chi connectivity index (χ2v) is 7.55. The van der Waals surface area contributed by atoms with Crippen LogP contribution in [0.2, 0.25) is 0 Å². The number of benzene rings is 3. The summed E-state index contributed by atoms with van der Waals surface area (Å²) in [6.07, 6.45) is 0. The minimum absolute atomic E-state index is 0.0204. The first-order valence-electron chi connectivity index (χ1n) is 9.12. The van der Waals surface area contributed by atoms with Crippen LogP contribution in [0.5, 0.6) is 0 Å². The Kier molecular flexibility index (Phi) is 4.44. The van der Waals surface area contributed by atoms with Gasteiger partial charge >= 0.3 is 0 Å². The Morgan fingerprint density at radius 1 is 1.03 bits per heavy atom. The third-order valence-electron chi connectivity index (χ3n) is 4.83. The molecule has 8 nitrogen and oxygen atoms in total. The molecule has 2 aromatic heterocycles. The predicted octanol–water partition coefficient (Wildman–Crippen LogP) is 4.22. The van der Waals surface area contributed by atoms with Crippen LogP contribution >= 0.6 is 15.9 Å². The van der Waals surface area contributed by atoms with Gasteiger partial charge in [-0.3, -0.25) is 4.79 Å². The second kappa shape index (κ2) is 7.27. The molecule has 0 aliphatic heterocycles. The summed E-state index contributed by atoms with van der Waals surface area (Å²) >= 11 is 3.55. The molecule has 2 heterocycles. The van der Waals surface area contributed by atoms with Gasteiger partial charge in [0.15, 0.2) is 17.3 Å². The first-order valence-corrected chi connectivity index (χ1v) is 9.92. The summed E-state index contributed by atoms with van der Waals surface area (Å²) in [5.41, 5.74) is 8.40. The predicted molar refractivity (Wildman–Crippen MR) is 118 cm³/mol. The first kappa shape index (κ1) is 18.3. The number of anilines is 2. The van der Waals surface area contributed by atoms with Gasteiger partial charge in [-0.2, -0.15) is 0 Å². The number of para-hydroxylation sites is 2. The van der Waals surface area contributed by atoms with Gasteiger partial charge in [-0.25, -0.2) is 9.61 Å². The minimum Gasteiger partial charge on any atom is -0.379 e. The molecule has 3 aromatic carbocycles. The maximum Gasteiger partial charge on any atom is 0.244 e. The van der Waals surface area contributed by atoms with E-state index < -0.39 is 0 Å². The number of hydrogen-bond acceptors (Lipinski definition) is 6. The second-order valence-electron chi connectivity index (χ2n) is 6.70. The van der Waals surface area contributed by atoms with Crippen molar-refractivity contribution in [3.63, 3.8) is 0 Å². The molecular formula is C21H15BrN6O2. The van der Waals surface area contributed by atoms with Crippen molar-refractivity contribution in [2.24, 2.45) is 0 Å². The molecule has 0 fully saturated rings. The Hall–Kier alpha value is -3.72. The zero-order valence-electron chi connectivity index (χ0n) is 15.5. The van der Waals surface area contributed by atoms with Crippen LogP contribution in [0.15, 0.2) is 69.8 Å². The van der Waals surface area contributed by atoms with Crippen molar-refractivity contribution < 1.29 is 9.42 Å². The highest BCUT2D eigenvalue weighted by Gasteiger charge is 2.21. The highest BCUT2D eigenvalue weighted by molar-refractivity contribution is 9.10. The van der Waals surface area contributed by atoms with Gasteiger partial charge in [0.1, 0.15) is 6.54 Å². The fourth-order valence-electron chi connectivity index (χ4n) is 3.47. The molecule has 0 saturated carbocycles. The molecule has 30 heavy (non-hydrogen) atoms. The van der Waals surface area contributed by atoms with Crippen LogP contribution in [0.1, 0.15) is 0 Å². The zero-order chi connectivity index (χ0) is 20.7. The molecule has 0 spiro atoms. The summed E-state index contributed by atoms with van der Waals surface area (Å²) in [4.78, 5) is 17.6. The number of nitrogen functional groups attached to an aromatic ring is 1. The van der Waals surface area contributed by atoms with Crippen molar-refractivity contribution in [3.8, 4) is 11.5 Å². The van der Waals surface area contributed by atoms with E-state index in [1.54, 1.807) is 4.57 Å². The Morgan fingerprint density at radius 3 is 2.60 bits per heavy atom. The number of fused-ring (bicyclic) bond motifs is 2. The number of carbonyl (C=O) groups excluding carboxylic acids is 1.